The van der Waals surface area contributed by atoms with Gasteiger partial charge in [0.05, 0.1) is 29.6 Å². The number of hydrogen-bond acceptors (Lipinski definition) is 6. The van der Waals surface area contributed by atoms with Gasteiger partial charge in [-0.2, -0.15) is 5.10 Å². The molecule has 5 rings (SSSR count). The maximum Gasteiger partial charge on any atom is 0.206 e. The van der Waals surface area contributed by atoms with Gasteiger partial charge < -0.3 is 15.4 Å². The van der Waals surface area contributed by atoms with Gasteiger partial charge in [-0.15, -0.1) is 10.2 Å². The molecule has 216 valence electrons. The summed E-state index contributed by atoms with van der Waals surface area (Å²) in [6, 6.07) is 12.5. The first-order valence-electron chi connectivity index (χ1n) is 13.8. The first-order chi connectivity index (χ1) is 19.4. The number of ether oxygens (including phenoxy) is 1. The van der Waals surface area contributed by atoms with Crippen molar-refractivity contribution < 1.29 is 9.53 Å². The third kappa shape index (κ3) is 7.85. The summed E-state index contributed by atoms with van der Waals surface area (Å²) in [5.74, 6) is 2.56. The molecular formula is C30H42ClN7O2. The predicted molar refractivity (Wildman–Crippen MR) is 163 cm³/mol. The summed E-state index contributed by atoms with van der Waals surface area (Å²) in [5.41, 5.74) is 5.48. The van der Waals surface area contributed by atoms with Crippen molar-refractivity contribution in [3.05, 3.63) is 71.0 Å². The van der Waals surface area contributed by atoms with Crippen LogP contribution in [0.2, 0.25) is 5.02 Å². The molecule has 0 saturated heterocycles. The number of fused-ring (bicyclic) bond motifs is 3. The summed E-state index contributed by atoms with van der Waals surface area (Å²) in [4.78, 5) is 9.06. The largest absolute Gasteiger partial charge is 0.492 e. The van der Waals surface area contributed by atoms with Crippen molar-refractivity contribution in [2.75, 3.05) is 19.0 Å². The Bertz CT molecular complexity index is 1350. The second-order valence-electron chi connectivity index (χ2n) is 8.40. The van der Waals surface area contributed by atoms with Crippen molar-refractivity contribution in [2.45, 2.75) is 60.4 Å². The molecule has 1 atom stereocenters. The highest BCUT2D eigenvalue weighted by Gasteiger charge is 2.25. The summed E-state index contributed by atoms with van der Waals surface area (Å²) in [7, 11) is 3.49. The highest BCUT2D eigenvalue weighted by molar-refractivity contribution is 6.32. The summed E-state index contributed by atoms with van der Waals surface area (Å²) >= 11 is 6.30. The Labute approximate surface area is 242 Å². The van der Waals surface area contributed by atoms with E-state index in [1.807, 2.05) is 83.9 Å². The van der Waals surface area contributed by atoms with Crippen molar-refractivity contribution >= 4 is 23.7 Å². The second kappa shape index (κ2) is 16.3. The lowest BCUT2D eigenvalue weighted by Crippen LogP contribution is -2.13. The van der Waals surface area contributed by atoms with Crippen LogP contribution in [0, 0.1) is 6.92 Å². The maximum absolute atomic E-state index is 9.06. The second-order valence-corrected chi connectivity index (χ2v) is 8.80. The van der Waals surface area contributed by atoms with Crippen molar-refractivity contribution in [3.63, 3.8) is 0 Å². The molecule has 9 nitrogen and oxygen atoms in total. The molecule has 2 aromatic carbocycles. The molecule has 0 fully saturated rings. The van der Waals surface area contributed by atoms with Crippen LogP contribution in [-0.4, -0.2) is 44.6 Å². The van der Waals surface area contributed by atoms with Crippen molar-refractivity contribution in [3.8, 4) is 22.6 Å². The number of carbonyl (C=O) groups is 1. The number of rotatable bonds is 6. The minimum absolute atomic E-state index is 0.0818. The number of aromatic nitrogens is 5. The zero-order valence-electron chi connectivity index (χ0n) is 24.8. The smallest absolute Gasteiger partial charge is 0.206 e. The van der Waals surface area contributed by atoms with Gasteiger partial charge in [-0.3, -0.25) is 14.0 Å². The third-order valence-corrected chi connectivity index (χ3v) is 6.23. The van der Waals surface area contributed by atoms with Crippen molar-refractivity contribution in [1.29, 1.82) is 0 Å². The van der Waals surface area contributed by atoms with Gasteiger partial charge >= 0.3 is 0 Å². The van der Waals surface area contributed by atoms with Gasteiger partial charge in [0.15, 0.2) is 0 Å². The maximum atomic E-state index is 9.06. The Morgan fingerprint density at radius 2 is 1.82 bits per heavy atom. The molecular weight excluding hydrogens is 526 g/mol. The molecule has 1 aliphatic rings. The molecule has 0 saturated carbocycles. The number of halogens is 1. The van der Waals surface area contributed by atoms with Gasteiger partial charge in [-0.1, -0.05) is 45.4 Å². The van der Waals surface area contributed by atoms with Crippen LogP contribution in [-0.2, 0) is 18.3 Å². The summed E-state index contributed by atoms with van der Waals surface area (Å²) in [6.07, 6.45) is 6.25. The summed E-state index contributed by atoms with van der Waals surface area (Å²) in [6.45, 7) is 12.5. The molecule has 40 heavy (non-hydrogen) atoms. The van der Waals surface area contributed by atoms with E-state index >= 15 is 0 Å². The van der Waals surface area contributed by atoms with E-state index in [0.29, 0.717) is 23.8 Å². The van der Waals surface area contributed by atoms with E-state index in [-0.39, 0.29) is 6.04 Å². The number of aryl methyl sites for hydroxylation is 3. The Morgan fingerprint density at radius 1 is 1.10 bits per heavy atom. The molecule has 0 spiro atoms. The van der Waals surface area contributed by atoms with Crippen molar-refractivity contribution in [2.24, 2.45) is 7.05 Å². The van der Waals surface area contributed by atoms with Crippen molar-refractivity contribution in [1.82, 2.24) is 29.9 Å². The summed E-state index contributed by atoms with van der Waals surface area (Å²) in [5, 5.41) is 19.7. The van der Waals surface area contributed by atoms with Crippen LogP contribution in [0.4, 0.5) is 5.69 Å². The standard InChI is InChI=1S/C24H25ClN6O.C2H5NO.2C2H6/c1-4-32-23-12-18(6-7-20(23)25)27-21-8-10-24-29-28-15(2)31(24)22-9-5-16(11-19(21)22)17-13-26-30(3)14-17;1-3-2-4;2*1-2/h5-7,9,11-14,21,27H,4,8,10H2,1-3H3;2H,1H3,(H,3,4);2*1-2H3. The zero-order chi connectivity index (χ0) is 29.7. The van der Waals surface area contributed by atoms with Crippen LogP contribution >= 0.6 is 11.6 Å². The van der Waals surface area contributed by atoms with E-state index in [1.165, 1.54) is 5.56 Å². The Morgan fingerprint density at radius 3 is 2.45 bits per heavy atom. The van der Waals surface area contributed by atoms with Crippen LogP contribution in [0.15, 0.2) is 48.8 Å². The number of anilines is 1. The van der Waals surface area contributed by atoms with Crippen LogP contribution in [0.1, 0.15) is 64.3 Å². The molecule has 4 aromatic rings. The van der Waals surface area contributed by atoms with E-state index in [4.69, 9.17) is 21.1 Å². The minimum atomic E-state index is 0.0818. The highest BCUT2D eigenvalue weighted by atomic mass is 35.5. The molecule has 2 N–H and O–H groups in total. The average Bonchev–Trinajstić information content (AvgIpc) is 3.55. The van der Waals surface area contributed by atoms with Crippen LogP contribution < -0.4 is 15.4 Å². The SMILES string of the molecule is CC.CC.CCOc1cc(NC2CCc3nnc(C)n3-c3ccc(-c4cnn(C)c4)cc32)ccc1Cl.CNC=O. The number of benzene rings is 2. The zero-order valence-corrected chi connectivity index (χ0v) is 25.6. The van der Waals surface area contributed by atoms with E-state index in [2.05, 4.69) is 48.7 Å². The quantitative estimate of drug-likeness (QED) is 0.257. The normalized spacial score (nSPS) is 12.9. The number of hydrogen-bond donors (Lipinski definition) is 2. The molecule has 0 bridgehead atoms. The number of carbonyl (C=O) groups excluding carboxylic acids is 1. The molecule has 10 heteroatoms. The average molecular weight is 568 g/mol. The number of amides is 1. The van der Waals surface area contributed by atoms with E-state index < -0.39 is 0 Å². The summed E-state index contributed by atoms with van der Waals surface area (Å²) < 4.78 is 9.68. The van der Waals surface area contributed by atoms with E-state index in [9.17, 15) is 0 Å². The third-order valence-electron chi connectivity index (χ3n) is 5.92. The molecule has 0 aliphatic carbocycles. The van der Waals surface area contributed by atoms with Gasteiger partial charge in [0.1, 0.15) is 17.4 Å². The predicted octanol–water partition coefficient (Wildman–Crippen LogP) is 6.54. The lowest BCUT2D eigenvalue weighted by Gasteiger charge is -2.22. The monoisotopic (exact) mass is 567 g/mol. The number of nitrogens with one attached hydrogen (secondary N) is 2. The Kier molecular flexibility index (Phi) is 13.2. The van der Waals surface area contributed by atoms with Crippen LogP contribution in [0.25, 0.3) is 16.8 Å². The lowest BCUT2D eigenvalue weighted by atomic mass is 9.97. The van der Waals surface area contributed by atoms with E-state index in [1.54, 1.807) is 7.05 Å². The van der Waals surface area contributed by atoms with Gasteiger partial charge in [0.25, 0.3) is 0 Å². The van der Waals surface area contributed by atoms with Gasteiger partial charge in [0, 0.05) is 44.0 Å². The highest BCUT2D eigenvalue weighted by Crippen LogP contribution is 2.37. The Hall–Kier alpha value is -3.85. The molecule has 1 unspecified atom stereocenters. The van der Waals surface area contributed by atoms with Gasteiger partial charge in [-0.25, -0.2) is 0 Å². The molecule has 3 heterocycles. The first kappa shape index (κ1) is 32.4. The molecule has 1 aliphatic heterocycles. The number of nitrogens with zero attached hydrogens (tertiary/aromatic N) is 5. The molecule has 2 aromatic heterocycles. The van der Waals surface area contributed by atoms with Gasteiger partial charge in [-0.05, 0) is 55.7 Å². The van der Waals surface area contributed by atoms with Crippen LogP contribution in [0.5, 0.6) is 5.75 Å². The fourth-order valence-electron chi connectivity index (χ4n) is 4.31. The first-order valence-corrected chi connectivity index (χ1v) is 14.2. The minimum Gasteiger partial charge on any atom is -0.492 e. The Balaban J connectivity index is 0.000000634. The lowest BCUT2D eigenvalue weighted by molar-refractivity contribution is -0.109. The van der Waals surface area contributed by atoms with Gasteiger partial charge in [0.2, 0.25) is 6.41 Å². The fourth-order valence-corrected chi connectivity index (χ4v) is 4.48. The fraction of sp³-hybridized carbons (Fsp3) is 0.400. The molecule has 0 radical (unpaired) electrons. The topological polar surface area (TPSA) is 98.9 Å². The van der Waals surface area contributed by atoms with Crippen LogP contribution in [0.3, 0.4) is 0 Å². The van der Waals surface area contributed by atoms with E-state index in [0.717, 1.165) is 47.0 Å². The molecule has 1 amide bonds.